The fraction of sp³-hybridized carbons (Fsp3) is 0.238. The van der Waals surface area contributed by atoms with Gasteiger partial charge in [-0.1, -0.05) is 54.2 Å². The molecule has 0 saturated carbocycles. The SMILES string of the molecule is C=CCn1c(Cc2ccc(OC)cc2)nnc1SCc1ccccc1C. The van der Waals surface area contributed by atoms with Crippen LogP contribution in [0.1, 0.15) is 22.5 Å². The molecule has 3 rings (SSSR count). The third kappa shape index (κ3) is 4.35. The van der Waals surface area contributed by atoms with Crippen LogP contribution >= 0.6 is 11.8 Å². The van der Waals surface area contributed by atoms with Crippen LogP contribution in [0.3, 0.4) is 0 Å². The molecule has 0 bridgehead atoms. The Morgan fingerprint density at radius 3 is 2.58 bits per heavy atom. The smallest absolute Gasteiger partial charge is 0.191 e. The fourth-order valence-electron chi connectivity index (χ4n) is 2.71. The van der Waals surface area contributed by atoms with Crippen LogP contribution in [0.4, 0.5) is 0 Å². The monoisotopic (exact) mass is 365 g/mol. The first-order chi connectivity index (χ1) is 12.7. The second-order valence-electron chi connectivity index (χ2n) is 6.04. The Morgan fingerprint density at radius 1 is 1.12 bits per heavy atom. The predicted molar refractivity (Wildman–Crippen MR) is 107 cm³/mol. The molecule has 0 N–H and O–H groups in total. The number of aromatic nitrogens is 3. The van der Waals surface area contributed by atoms with Gasteiger partial charge in [0.2, 0.25) is 0 Å². The Morgan fingerprint density at radius 2 is 1.88 bits per heavy atom. The van der Waals surface area contributed by atoms with E-state index in [0.717, 1.165) is 28.9 Å². The Labute approximate surface area is 158 Å². The molecule has 3 aromatic rings. The number of methoxy groups -OCH3 is 1. The number of nitrogens with zero attached hydrogens (tertiary/aromatic N) is 3. The molecule has 0 amide bonds. The summed E-state index contributed by atoms with van der Waals surface area (Å²) in [5, 5.41) is 9.76. The van der Waals surface area contributed by atoms with Crippen molar-refractivity contribution in [2.24, 2.45) is 0 Å². The third-order valence-corrected chi connectivity index (χ3v) is 5.26. The highest BCUT2D eigenvalue weighted by Crippen LogP contribution is 2.24. The lowest BCUT2D eigenvalue weighted by Crippen LogP contribution is -2.05. The Hall–Kier alpha value is -2.53. The summed E-state index contributed by atoms with van der Waals surface area (Å²) < 4.78 is 7.36. The van der Waals surface area contributed by atoms with Crippen LogP contribution in [-0.2, 0) is 18.7 Å². The highest BCUT2D eigenvalue weighted by atomic mass is 32.2. The van der Waals surface area contributed by atoms with Gasteiger partial charge in [-0.2, -0.15) is 0 Å². The average molecular weight is 366 g/mol. The molecule has 0 atom stereocenters. The lowest BCUT2D eigenvalue weighted by Gasteiger charge is -2.09. The van der Waals surface area contributed by atoms with Crippen LogP contribution in [-0.4, -0.2) is 21.9 Å². The number of allylic oxidation sites excluding steroid dienone is 1. The van der Waals surface area contributed by atoms with Gasteiger partial charge in [0.15, 0.2) is 5.16 Å². The maximum atomic E-state index is 5.22. The van der Waals surface area contributed by atoms with E-state index < -0.39 is 0 Å². The zero-order valence-corrected chi connectivity index (χ0v) is 16.0. The van der Waals surface area contributed by atoms with Gasteiger partial charge in [0, 0.05) is 18.7 Å². The van der Waals surface area contributed by atoms with Crippen molar-refractivity contribution in [3.05, 3.63) is 83.7 Å². The van der Waals surface area contributed by atoms with Crippen molar-refractivity contribution in [3.63, 3.8) is 0 Å². The van der Waals surface area contributed by atoms with Crippen LogP contribution in [0.25, 0.3) is 0 Å². The molecule has 1 aromatic heterocycles. The van der Waals surface area contributed by atoms with Crippen molar-refractivity contribution < 1.29 is 4.74 Å². The zero-order chi connectivity index (χ0) is 18.4. The lowest BCUT2D eigenvalue weighted by molar-refractivity contribution is 0.414. The molecule has 134 valence electrons. The minimum Gasteiger partial charge on any atom is -0.497 e. The molecular weight excluding hydrogens is 342 g/mol. The van der Waals surface area contributed by atoms with E-state index in [2.05, 4.69) is 64.7 Å². The summed E-state index contributed by atoms with van der Waals surface area (Å²) >= 11 is 1.71. The van der Waals surface area contributed by atoms with Gasteiger partial charge in [0.25, 0.3) is 0 Å². The molecule has 4 nitrogen and oxygen atoms in total. The van der Waals surface area contributed by atoms with E-state index in [0.29, 0.717) is 6.54 Å². The van der Waals surface area contributed by atoms with Crippen molar-refractivity contribution in [1.29, 1.82) is 0 Å². The standard InChI is InChI=1S/C21H23N3OS/c1-4-13-24-20(14-17-9-11-19(25-3)12-10-17)22-23-21(24)26-15-18-8-6-5-7-16(18)2/h4-12H,1,13-15H2,2-3H3. The summed E-state index contributed by atoms with van der Waals surface area (Å²) in [6.45, 7) is 6.72. The highest BCUT2D eigenvalue weighted by molar-refractivity contribution is 7.98. The van der Waals surface area contributed by atoms with E-state index in [1.165, 1.54) is 16.7 Å². The molecule has 26 heavy (non-hydrogen) atoms. The van der Waals surface area contributed by atoms with Crippen LogP contribution < -0.4 is 4.74 Å². The van der Waals surface area contributed by atoms with Crippen molar-refractivity contribution in [3.8, 4) is 5.75 Å². The Kier molecular flexibility index (Phi) is 6.12. The predicted octanol–water partition coefficient (Wildman–Crippen LogP) is 4.66. The summed E-state index contributed by atoms with van der Waals surface area (Å²) in [6, 6.07) is 16.5. The number of rotatable bonds is 8. The molecule has 0 aliphatic heterocycles. The maximum Gasteiger partial charge on any atom is 0.191 e. The van der Waals surface area contributed by atoms with Crippen LogP contribution in [0.15, 0.2) is 66.3 Å². The largest absolute Gasteiger partial charge is 0.497 e. The van der Waals surface area contributed by atoms with Crippen molar-refractivity contribution in [1.82, 2.24) is 14.8 Å². The molecular formula is C21H23N3OS. The molecule has 0 spiro atoms. The van der Waals surface area contributed by atoms with E-state index in [4.69, 9.17) is 4.74 Å². The summed E-state index contributed by atoms with van der Waals surface area (Å²) in [5.41, 5.74) is 3.80. The van der Waals surface area contributed by atoms with Crippen LogP contribution in [0, 0.1) is 6.92 Å². The van der Waals surface area contributed by atoms with E-state index in [-0.39, 0.29) is 0 Å². The summed E-state index contributed by atoms with van der Waals surface area (Å²) in [5.74, 6) is 2.68. The molecule has 0 fully saturated rings. The molecule has 0 aliphatic carbocycles. The van der Waals surface area contributed by atoms with E-state index in [1.54, 1.807) is 18.9 Å². The molecule has 0 aliphatic rings. The first kappa shape index (κ1) is 18.3. The summed E-state index contributed by atoms with van der Waals surface area (Å²) in [4.78, 5) is 0. The normalized spacial score (nSPS) is 10.7. The van der Waals surface area contributed by atoms with E-state index in [1.807, 2.05) is 18.2 Å². The van der Waals surface area contributed by atoms with Gasteiger partial charge in [-0.05, 0) is 35.7 Å². The minimum atomic E-state index is 0.703. The van der Waals surface area contributed by atoms with Gasteiger partial charge in [-0.3, -0.25) is 0 Å². The summed E-state index contributed by atoms with van der Waals surface area (Å²) in [7, 11) is 1.67. The van der Waals surface area contributed by atoms with Crippen molar-refractivity contribution in [2.45, 2.75) is 30.8 Å². The second kappa shape index (κ2) is 8.72. The Bertz CT molecular complexity index is 871. The van der Waals surface area contributed by atoms with Gasteiger partial charge in [0.05, 0.1) is 7.11 Å². The number of aryl methyl sites for hydroxylation is 1. The molecule has 0 radical (unpaired) electrons. The second-order valence-corrected chi connectivity index (χ2v) is 6.98. The fourth-order valence-corrected chi connectivity index (χ4v) is 3.75. The average Bonchev–Trinajstić information content (AvgIpc) is 3.04. The Balaban J connectivity index is 1.76. The molecule has 0 unspecified atom stereocenters. The third-order valence-electron chi connectivity index (χ3n) is 4.24. The number of thioether (sulfide) groups is 1. The van der Waals surface area contributed by atoms with Gasteiger partial charge in [-0.15, -0.1) is 16.8 Å². The van der Waals surface area contributed by atoms with Crippen LogP contribution in [0.5, 0.6) is 5.75 Å². The van der Waals surface area contributed by atoms with Gasteiger partial charge >= 0.3 is 0 Å². The van der Waals surface area contributed by atoms with Crippen LogP contribution in [0.2, 0.25) is 0 Å². The number of hydrogen-bond acceptors (Lipinski definition) is 4. The number of hydrogen-bond donors (Lipinski definition) is 0. The van der Waals surface area contributed by atoms with Gasteiger partial charge < -0.3 is 9.30 Å². The van der Waals surface area contributed by atoms with E-state index >= 15 is 0 Å². The highest BCUT2D eigenvalue weighted by Gasteiger charge is 2.13. The van der Waals surface area contributed by atoms with Gasteiger partial charge in [0.1, 0.15) is 11.6 Å². The topological polar surface area (TPSA) is 39.9 Å². The number of benzene rings is 2. The summed E-state index contributed by atoms with van der Waals surface area (Å²) in [6.07, 6.45) is 2.62. The van der Waals surface area contributed by atoms with Gasteiger partial charge in [-0.25, -0.2) is 0 Å². The molecule has 2 aromatic carbocycles. The lowest BCUT2D eigenvalue weighted by atomic mass is 10.1. The minimum absolute atomic E-state index is 0.703. The van der Waals surface area contributed by atoms with Crippen molar-refractivity contribution in [2.75, 3.05) is 7.11 Å². The molecule has 0 saturated heterocycles. The number of ether oxygens (including phenoxy) is 1. The van der Waals surface area contributed by atoms with Crippen molar-refractivity contribution >= 4 is 11.8 Å². The van der Waals surface area contributed by atoms with E-state index in [9.17, 15) is 0 Å². The quantitative estimate of drug-likeness (QED) is 0.430. The maximum absolute atomic E-state index is 5.22. The first-order valence-electron chi connectivity index (χ1n) is 8.54. The molecule has 5 heteroatoms. The zero-order valence-electron chi connectivity index (χ0n) is 15.2. The first-order valence-corrected chi connectivity index (χ1v) is 9.53. The molecule has 1 heterocycles.